The van der Waals surface area contributed by atoms with Gasteiger partial charge in [-0.2, -0.15) is 0 Å². The first-order valence-corrected chi connectivity index (χ1v) is 25.5. The van der Waals surface area contributed by atoms with Crippen LogP contribution in [0.15, 0.2) is 0 Å². The van der Waals surface area contributed by atoms with E-state index in [1.807, 2.05) is 0 Å². The smallest absolute Gasteiger partial charge is 0.129 e. The Hall–Kier alpha value is -0.160. The molecule has 4 heteroatoms. The topological polar surface area (TPSA) is 0 Å². The molecule has 0 aromatic rings. The molecule has 0 amide bonds. The molecule has 6 rings (SSSR count). The SMILES string of the molecule is CCCCCCCCCCCCCCCC[N+]12CC[N+](CCCCC[N+]34CC[N+](CCCCCCCCCCCCCCCC)(CC3)CC4)(CC1)CC2. The molecule has 6 saturated heterocycles. The number of fused-ring (bicyclic) bond motifs is 6. The number of rotatable bonds is 36. The molecule has 0 unspecified atom stereocenters. The van der Waals surface area contributed by atoms with Crippen LogP contribution >= 0.6 is 0 Å². The molecule has 4 nitrogen and oxygen atoms in total. The van der Waals surface area contributed by atoms with Crippen molar-refractivity contribution in [3.63, 3.8) is 0 Å². The normalized spacial score (nSPS) is 28.0. The molecule has 0 aliphatic carbocycles. The number of hydrogen-bond donors (Lipinski definition) is 0. The highest BCUT2D eigenvalue weighted by atomic mass is 15.5. The van der Waals surface area contributed by atoms with Crippen LogP contribution in [0.25, 0.3) is 0 Å². The molecule has 6 aliphatic heterocycles. The molecule has 0 aromatic carbocycles. The van der Waals surface area contributed by atoms with E-state index >= 15 is 0 Å². The van der Waals surface area contributed by atoms with E-state index in [0.717, 1.165) is 0 Å². The van der Waals surface area contributed by atoms with Crippen molar-refractivity contribution in [1.29, 1.82) is 0 Å². The molecule has 0 spiro atoms. The fraction of sp³-hybridized carbons (Fsp3) is 1.00. The van der Waals surface area contributed by atoms with Crippen molar-refractivity contribution in [2.45, 2.75) is 213 Å². The van der Waals surface area contributed by atoms with Crippen LogP contribution in [0, 0.1) is 0 Å². The summed E-state index contributed by atoms with van der Waals surface area (Å²) in [5.74, 6) is 0. The third-order valence-corrected chi connectivity index (χ3v) is 16.0. The van der Waals surface area contributed by atoms with Crippen LogP contribution in [0.2, 0.25) is 0 Å². The Bertz CT molecular complexity index is 767. The highest BCUT2D eigenvalue weighted by Gasteiger charge is 2.49. The lowest BCUT2D eigenvalue weighted by Crippen LogP contribution is -2.75. The largest absolute Gasteiger partial charge is 0.310 e. The van der Waals surface area contributed by atoms with Gasteiger partial charge in [0.05, 0.1) is 26.2 Å². The van der Waals surface area contributed by atoms with Gasteiger partial charge in [-0.1, -0.05) is 168 Å². The second kappa shape index (κ2) is 26.7. The number of nitrogens with zero attached hydrogens (tertiary/aromatic N) is 4. The van der Waals surface area contributed by atoms with Crippen molar-refractivity contribution < 1.29 is 17.9 Å². The van der Waals surface area contributed by atoms with Gasteiger partial charge in [0.15, 0.2) is 0 Å². The highest BCUT2D eigenvalue weighted by Crippen LogP contribution is 2.30. The van der Waals surface area contributed by atoms with Crippen LogP contribution in [0.5, 0.6) is 0 Å². The monoisotopic (exact) mass is 745 g/mol. The van der Waals surface area contributed by atoms with Crippen molar-refractivity contribution >= 4 is 0 Å². The predicted molar refractivity (Wildman–Crippen MR) is 233 cm³/mol. The average Bonchev–Trinajstić information content (AvgIpc) is 3.19. The average molecular weight is 745 g/mol. The lowest BCUT2D eigenvalue weighted by atomic mass is 10.0. The molecule has 0 aromatic heterocycles. The molecule has 6 fully saturated rings. The Morgan fingerprint density at radius 3 is 0.491 bits per heavy atom. The molecule has 6 aliphatic rings. The Morgan fingerprint density at radius 1 is 0.189 bits per heavy atom. The van der Waals surface area contributed by atoms with Gasteiger partial charge in [0.1, 0.15) is 78.5 Å². The van der Waals surface area contributed by atoms with Gasteiger partial charge in [0.25, 0.3) is 0 Å². The Kier molecular flexibility index (Phi) is 22.9. The summed E-state index contributed by atoms with van der Waals surface area (Å²) in [6, 6.07) is 0. The van der Waals surface area contributed by atoms with E-state index in [-0.39, 0.29) is 0 Å². The van der Waals surface area contributed by atoms with E-state index in [4.69, 9.17) is 0 Å². The minimum atomic E-state index is 1.37. The fourth-order valence-electron chi connectivity index (χ4n) is 11.6. The summed E-state index contributed by atoms with van der Waals surface area (Å²) in [5, 5.41) is 0. The molecular formula is C49H100N4+4. The van der Waals surface area contributed by atoms with Crippen LogP contribution in [0.1, 0.15) is 213 Å². The zero-order valence-corrected chi connectivity index (χ0v) is 37.0. The number of unbranched alkanes of at least 4 members (excludes halogenated alkanes) is 28. The molecule has 312 valence electrons. The zero-order chi connectivity index (χ0) is 37.2. The quantitative estimate of drug-likeness (QED) is 0.0443. The third kappa shape index (κ3) is 17.5. The van der Waals surface area contributed by atoms with E-state index in [9.17, 15) is 0 Å². The van der Waals surface area contributed by atoms with Crippen LogP contribution in [-0.2, 0) is 0 Å². The van der Waals surface area contributed by atoms with Gasteiger partial charge in [-0.3, -0.25) is 0 Å². The molecule has 0 saturated carbocycles. The van der Waals surface area contributed by atoms with E-state index < -0.39 is 0 Å². The second-order valence-electron chi connectivity index (χ2n) is 20.2. The first-order valence-electron chi connectivity index (χ1n) is 25.5. The van der Waals surface area contributed by atoms with Gasteiger partial charge in [-0.05, 0) is 44.9 Å². The van der Waals surface area contributed by atoms with E-state index in [1.165, 1.54) is 322 Å². The van der Waals surface area contributed by atoms with Crippen molar-refractivity contribution in [2.24, 2.45) is 0 Å². The lowest BCUT2D eigenvalue weighted by molar-refractivity contribution is -1.08. The Labute approximate surface area is 334 Å². The summed E-state index contributed by atoms with van der Waals surface area (Å²) in [6.45, 7) is 28.6. The van der Waals surface area contributed by atoms with Crippen LogP contribution in [-0.4, -0.2) is 123 Å². The van der Waals surface area contributed by atoms with Crippen LogP contribution < -0.4 is 0 Å². The van der Waals surface area contributed by atoms with Gasteiger partial charge < -0.3 is 17.9 Å². The maximum atomic E-state index is 2.32. The zero-order valence-electron chi connectivity index (χ0n) is 37.0. The summed E-state index contributed by atoms with van der Waals surface area (Å²) >= 11 is 0. The molecule has 6 heterocycles. The second-order valence-corrected chi connectivity index (χ2v) is 20.2. The number of hydrogen-bond acceptors (Lipinski definition) is 0. The van der Waals surface area contributed by atoms with Gasteiger partial charge in [-0.25, -0.2) is 0 Å². The molecular weight excluding hydrogens is 645 g/mol. The summed E-state index contributed by atoms with van der Waals surface area (Å²) in [7, 11) is 0. The van der Waals surface area contributed by atoms with E-state index in [2.05, 4.69) is 13.8 Å². The Balaban J connectivity index is 0.922. The minimum Gasteiger partial charge on any atom is -0.310 e. The lowest BCUT2D eigenvalue weighted by Gasteiger charge is -2.56. The predicted octanol–water partition coefficient (Wildman–Crippen LogP) is 12.4. The first-order chi connectivity index (χ1) is 26.1. The van der Waals surface area contributed by atoms with Gasteiger partial charge in [0.2, 0.25) is 0 Å². The first kappa shape index (κ1) is 45.5. The van der Waals surface area contributed by atoms with Crippen LogP contribution in [0.4, 0.5) is 0 Å². The molecule has 53 heavy (non-hydrogen) atoms. The van der Waals surface area contributed by atoms with Crippen molar-refractivity contribution in [2.75, 3.05) is 105 Å². The highest BCUT2D eigenvalue weighted by molar-refractivity contribution is 4.65. The molecule has 0 N–H and O–H groups in total. The third-order valence-electron chi connectivity index (χ3n) is 16.0. The number of quaternary nitrogens is 4. The van der Waals surface area contributed by atoms with Crippen LogP contribution in [0.3, 0.4) is 0 Å². The van der Waals surface area contributed by atoms with Gasteiger partial charge >= 0.3 is 0 Å². The minimum absolute atomic E-state index is 1.37. The van der Waals surface area contributed by atoms with Gasteiger partial charge in [0, 0.05) is 0 Å². The van der Waals surface area contributed by atoms with Gasteiger partial charge in [-0.15, -0.1) is 0 Å². The molecule has 4 bridgehead atoms. The van der Waals surface area contributed by atoms with E-state index in [1.54, 1.807) is 0 Å². The maximum Gasteiger partial charge on any atom is 0.129 e. The summed E-state index contributed by atoms with van der Waals surface area (Å²) in [6.07, 6.45) is 45.9. The standard InChI is InChI=1S/C49H100N4/c1-3-5-7-9-11-13-15-17-19-21-23-25-27-30-34-50-38-44-52(45-39-50,46-40-50)36-32-29-33-37-53-47-41-51(42-48-53,43-49-53)35-31-28-26-24-22-20-18-16-14-12-10-8-6-4-2/h3-49H2,1-2H3/q+4. The summed E-state index contributed by atoms with van der Waals surface area (Å²) < 4.78 is 5.99. The van der Waals surface area contributed by atoms with Crippen molar-refractivity contribution in [3.05, 3.63) is 0 Å². The number of piperazine rings is 6. The van der Waals surface area contributed by atoms with Crippen molar-refractivity contribution in [3.8, 4) is 0 Å². The molecule has 0 atom stereocenters. The maximum absolute atomic E-state index is 2.32. The fourth-order valence-corrected chi connectivity index (χ4v) is 11.6. The Morgan fingerprint density at radius 2 is 0.321 bits per heavy atom. The summed E-state index contributed by atoms with van der Waals surface area (Å²) in [4.78, 5) is 0. The molecule has 0 radical (unpaired) electrons. The van der Waals surface area contributed by atoms with E-state index in [0.29, 0.717) is 0 Å². The summed E-state index contributed by atoms with van der Waals surface area (Å²) in [5.41, 5.74) is 0. The van der Waals surface area contributed by atoms with Crippen molar-refractivity contribution in [1.82, 2.24) is 0 Å².